The number of carbonyl (C=O) groups excluding carboxylic acids is 1. The lowest BCUT2D eigenvalue weighted by Crippen LogP contribution is -2.41. The maximum atomic E-state index is 13.4. The van der Waals surface area contributed by atoms with Crippen LogP contribution in [-0.4, -0.2) is 27.6 Å². The zero-order valence-electron chi connectivity index (χ0n) is 14.9. The van der Waals surface area contributed by atoms with Gasteiger partial charge >= 0.3 is 6.03 Å². The number of hydrogen-bond acceptors (Lipinski definition) is 5. The van der Waals surface area contributed by atoms with E-state index in [-0.39, 0.29) is 5.69 Å². The predicted molar refractivity (Wildman–Crippen MR) is 96.5 cm³/mol. The normalized spacial score (nSPS) is 16.2. The van der Waals surface area contributed by atoms with Gasteiger partial charge in [-0.2, -0.15) is 0 Å². The number of rotatable bonds is 2. The number of benzene rings is 1. The van der Waals surface area contributed by atoms with Gasteiger partial charge in [0, 0.05) is 41.7 Å². The van der Waals surface area contributed by atoms with Gasteiger partial charge in [-0.3, -0.25) is 0 Å². The van der Waals surface area contributed by atoms with Crippen LogP contribution in [-0.2, 0) is 6.42 Å². The van der Waals surface area contributed by atoms with Crippen LogP contribution in [0.3, 0.4) is 0 Å². The number of hydrogen-bond donors (Lipinski definition) is 1. The van der Waals surface area contributed by atoms with Crippen LogP contribution in [0.4, 0.5) is 23.7 Å². The number of nitrogens with zero attached hydrogens (tertiary/aromatic N) is 3. The molecule has 28 heavy (non-hydrogen) atoms. The lowest BCUT2D eigenvalue weighted by Gasteiger charge is -2.33. The van der Waals surface area contributed by atoms with Gasteiger partial charge in [-0.15, -0.1) is 11.3 Å². The molecule has 1 N–H and O–H groups in total. The third-order valence-corrected chi connectivity index (χ3v) is 5.40. The first-order chi connectivity index (χ1) is 13.3. The van der Waals surface area contributed by atoms with Gasteiger partial charge in [0.2, 0.25) is 0 Å². The summed E-state index contributed by atoms with van der Waals surface area (Å²) >= 11 is 1.47. The molecule has 1 atom stereocenters. The standard InChI is InChI=1S/C18H15F3N4O2S/c1-8-15-13(24-27-17(15)14-7-28-9(2)22-14)3-4-25(8)18(26)23-10-5-11(19)16(21)12(20)6-10/h5-8H,3-4H2,1-2H3,(H,23,26)/t8-/m0/s1. The molecule has 2 aromatic heterocycles. The Hall–Kier alpha value is -2.88. The molecule has 0 radical (unpaired) electrons. The molecular weight excluding hydrogens is 393 g/mol. The van der Waals surface area contributed by atoms with Gasteiger partial charge in [-0.1, -0.05) is 5.16 Å². The van der Waals surface area contributed by atoms with Crippen LogP contribution in [0.25, 0.3) is 11.5 Å². The van der Waals surface area contributed by atoms with Crippen LogP contribution < -0.4 is 5.32 Å². The van der Waals surface area contributed by atoms with E-state index >= 15 is 0 Å². The van der Waals surface area contributed by atoms with Crippen molar-refractivity contribution in [1.29, 1.82) is 0 Å². The molecule has 0 aliphatic carbocycles. The molecule has 1 aliphatic rings. The molecule has 3 heterocycles. The number of urea groups is 1. The maximum absolute atomic E-state index is 13.4. The minimum absolute atomic E-state index is 0.167. The third kappa shape index (κ3) is 3.13. The molecule has 1 aliphatic heterocycles. The topological polar surface area (TPSA) is 71.3 Å². The summed E-state index contributed by atoms with van der Waals surface area (Å²) in [5.41, 5.74) is 1.98. The fourth-order valence-electron chi connectivity index (χ4n) is 3.27. The number of nitrogens with one attached hydrogen (secondary N) is 1. The van der Waals surface area contributed by atoms with Crippen LogP contribution >= 0.6 is 11.3 Å². The third-order valence-electron chi connectivity index (χ3n) is 4.63. The Bertz CT molecular complexity index is 1040. The summed E-state index contributed by atoms with van der Waals surface area (Å²) in [6.45, 7) is 4.03. The van der Waals surface area contributed by atoms with Gasteiger partial charge < -0.3 is 14.7 Å². The highest BCUT2D eigenvalue weighted by Gasteiger charge is 2.34. The minimum Gasteiger partial charge on any atom is -0.354 e. The van der Waals surface area contributed by atoms with Crippen LogP contribution in [0.1, 0.15) is 29.2 Å². The number of carbonyl (C=O) groups is 1. The highest BCUT2D eigenvalue weighted by atomic mass is 32.1. The van der Waals surface area contributed by atoms with Gasteiger partial charge in [-0.25, -0.2) is 22.9 Å². The average molecular weight is 408 g/mol. The Balaban J connectivity index is 1.60. The summed E-state index contributed by atoms with van der Waals surface area (Å²) in [5, 5.41) is 9.23. The lowest BCUT2D eigenvalue weighted by atomic mass is 9.97. The van der Waals surface area contributed by atoms with E-state index in [1.807, 2.05) is 19.2 Å². The van der Waals surface area contributed by atoms with Gasteiger partial charge in [0.15, 0.2) is 23.2 Å². The number of fused-ring (bicyclic) bond motifs is 1. The smallest absolute Gasteiger partial charge is 0.322 e. The first-order valence-electron chi connectivity index (χ1n) is 8.48. The maximum Gasteiger partial charge on any atom is 0.322 e. The number of halogens is 3. The van der Waals surface area contributed by atoms with Crippen molar-refractivity contribution in [2.45, 2.75) is 26.3 Å². The number of thiazole rings is 1. The van der Waals surface area contributed by atoms with E-state index in [1.165, 1.54) is 16.2 Å². The highest BCUT2D eigenvalue weighted by Crippen LogP contribution is 2.37. The van der Waals surface area contributed by atoms with Crippen molar-refractivity contribution in [3.63, 3.8) is 0 Å². The monoisotopic (exact) mass is 408 g/mol. The number of amides is 2. The summed E-state index contributed by atoms with van der Waals surface area (Å²) in [6, 6.07) is 0.505. The Labute approximate surface area is 162 Å². The molecule has 0 saturated heterocycles. The van der Waals surface area contributed by atoms with Crippen molar-refractivity contribution >= 4 is 23.1 Å². The molecule has 6 nitrogen and oxygen atoms in total. The van der Waals surface area contributed by atoms with E-state index < -0.39 is 29.5 Å². The van der Waals surface area contributed by atoms with Crippen molar-refractivity contribution in [1.82, 2.24) is 15.0 Å². The summed E-state index contributed by atoms with van der Waals surface area (Å²) in [5.74, 6) is -3.82. The van der Waals surface area contributed by atoms with E-state index in [4.69, 9.17) is 4.52 Å². The molecular formula is C18H15F3N4O2S. The van der Waals surface area contributed by atoms with Crippen molar-refractivity contribution < 1.29 is 22.5 Å². The van der Waals surface area contributed by atoms with Gasteiger partial charge in [0.05, 0.1) is 16.7 Å². The van der Waals surface area contributed by atoms with E-state index in [0.717, 1.165) is 28.4 Å². The SMILES string of the molecule is Cc1nc(-c2onc3c2[C@H](C)N(C(=O)Nc2cc(F)c(F)c(F)c2)CC3)cs1. The number of anilines is 1. The molecule has 0 spiro atoms. The molecule has 3 aromatic rings. The lowest BCUT2D eigenvalue weighted by molar-refractivity contribution is 0.188. The zero-order chi connectivity index (χ0) is 20.0. The van der Waals surface area contributed by atoms with Gasteiger partial charge in [0.1, 0.15) is 5.69 Å². The molecule has 10 heteroatoms. The quantitative estimate of drug-likeness (QED) is 0.626. The van der Waals surface area contributed by atoms with Gasteiger partial charge in [0.25, 0.3) is 0 Å². The van der Waals surface area contributed by atoms with Crippen LogP contribution in [0.2, 0.25) is 0 Å². The van der Waals surface area contributed by atoms with Crippen LogP contribution in [0.5, 0.6) is 0 Å². The summed E-state index contributed by atoms with van der Waals surface area (Å²) in [4.78, 5) is 18.6. The Morgan fingerprint density at radius 2 is 2.04 bits per heavy atom. The predicted octanol–water partition coefficient (Wildman–Crippen LogP) is 4.68. The highest BCUT2D eigenvalue weighted by molar-refractivity contribution is 7.09. The second kappa shape index (κ2) is 6.93. The van der Waals surface area contributed by atoms with E-state index in [9.17, 15) is 18.0 Å². The summed E-state index contributed by atoms with van der Waals surface area (Å²) in [7, 11) is 0. The molecule has 4 rings (SSSR count). The van der Waals surface area contributed by atoms with E-state index in [1.54, 1.807) is 0 Å². The van der Waals surface area contributed by atoms with Crippen LogP contribution in [0.15, 0.2) is 22.0 Å². The Morgan fingerprint density at radius 3 is 2.68 bits per heavy atom. The molecule has 0 bridgehead atoms. The second-order valence-electron chi connectivity index (χ2n) is 6.43. The van der Waals surface area contributed by atoms with E-state index in [0.29, 0.717) is 24.4 Å². The zero-order valence-corrected chi connectivity index (χ0v) is 15.7. The van der Waals surface area contributed by atoms with Crippen molar-refractivity contribution in [3.05, 3.63) is 51.2 Å². The molecule has 0 saturated carbocycles. The van der Waals surface area contributed by atoms with Crippen molar-refractivity contribution in [2.75, 3.05) is 11.9 Å². The summed E-state index contributed by atoms with van der Waals surface area (Å²) in [6.07, 6.45) is 0.464. The molecule has 0 unspecified atom stereocenters. The number of aryl methyl sites for hydroxylation is 1. The second-order valence-corrected chi connectivity index (χ2v) is 7.49. The van der Waals surface area contributed by atoms with Crippen molar-refractivity contribution in [3.8, 4) is 11.5 Å². The Morgan fingerprint density at radius 1 is 1.32 bits per heavy atom. The molecule has 146 valence electrons. The Kier molecular flexibility index (Phi) is 4.58. The van der Waals surface area contributed by atoms with Gasteiger partial charge in [-0.05, 0) is 13.8 Å². The fourth-order valence-corrected chi connectivity index (χ4v) is 3.86. The largest absolute Gasteiger partial charge is 0.354 e. The molecule has 1 aromatic carbocycles. The number of aromatic nitrogens is 2. The fraction of sp³-hybridized carbons (Fsp3) is 0.278. The molecule has 0 fully saturated rings. The minimum atomic E-state index is -1.58. The first-order valence-corrected chi connectivity index (χ1v) is 9.36. The first kappa shape index (κ1) is 18.5. The average Bonchev–Trinajstić information content (AvgIpc) is 3.26. The van der Waals surface area contributed by atoms with Crippen LogP contribution in [0, 0.1) is 24.4 Å². The van der Waals surface area contributed by atoms with Crippen molar-refractivity contribution in [2.24, 2.45) is 0 Å². The van der Waals surface area contributed by atoms with E-state index in [2.05, 4.69) is 15.5 Å². The molecule has 2 amide bonds. The summed E-state index contributed by atoms with van der Waals surface area (Å²) < 4.78 is 45.4.